The van der Waals surface area contributed by atoms with E-state index in [1.54, 1.807) is 11.3 Å². The fourth-order valence-corrected chi connectivity index (χ4v) is 4.99. The molecule has 3 aromatic rings. The van der Waals surface area contributed by atoms with Crippen LogP contribution in [-0.4, -0.2) is 53.5 Å². The topological polar surface area (TPSA) is 70.2 Å². The Morgan fingerprint density at radius 2 is 2.37 bits per heavy atom. The first kappa shape index (κ1) is 18.5. The second-order valence-corrected chi connectivity index (χ2v) is 8.40. The Morgan fingerprint density at radius 1 is 1.48 bits per heavy atom. The molecule has 0 aliphatic carbocycles. The van der Waals surface area contributed by atoms with Gasteiger partial charge in [0.2, 0.25) is 5.95 Å². The Balaban J connectivity index is 1.51. The molecular weight excluding hydrogens is 426 g/mol. The van der Waals surface area contributed by atoms with Crippen molar-refractivity contribution in [1.82, 2.24) is 20.2 Å². The van der Waals surface area contributed by atoms with Gasteiger partial charge in [-0.3, -0.25) is 10.2 Å². The molecule has 1 atom stereocenters. The van der Waals surface area contributed by atoms with E-state index in [-0.39, 0.29) is 6.17 Å². The zero-order chi connectivity index (χ0) is 18.8. The fraction of sp³-hybridized carbons (Fsp3) is 0.316. The first-order valence-electron chi connectivity index (χ1n) is 8.84. The molecule has 2 aromatic heterocycles. The van der Waals surface area contributed by atoms with Gasteiger partial charge in [-0.05, 0) is 45.9 Å². The molecule has 1 aromatic carbocycles. The molecule has 140 valence electrons. The number of aromatic nitrogens is 2. The van der Waals surface area contributed by atoms with Crippen molar-refractivity contribution < 1.29 is 4.79 Å². The zero-order valence-electron chi connectivity index (χ0n) is 14.9. The van der Waals surface area contributed by atoms with E-state index in [2.05, 4.69) is 54.6 Å². The molecule has 1 unspecified atom stereocenters. The number of halogens is 1. The summed E-state index contributed by atoms with van der Waals surface area (Å²) in [7, 11) is 0. The number of carbonyl (C=O) groups is 1. The summed E-state index contributed by atoms with van der Waals surface area (Å²) in [5.74, 6) is 0.613. The number of fused-ring (bicyclic) bond motifs is 1. The molecule has 0 saturated carbocycles. The molecule has 1 aliphatic rings. The molecule has 0 spiro atoms. The van der Waals surface area contributed by atoms with Crippen molar-refractivity contribution >= 4 is 49.6 Å². The molecule has 0 bridgehead atoms. The van der Waals surface area contributed by atoms with Crippen LogP contribution in [0.25, 0.3) is 20.7 Å². The maximum atomic E-state index is 11.0. The third-order valence-corrected chi connectivity index (χ3v) is 6.77. The largest absolute Gasteiger partial charge is 0.353 e. The summed E-state index contributed by atoms with van der Waals surface area (Å²) < 4.78 is 2.33. The van der Waals surface area contributed by atoms with Gasteiger partial charge in [0.05, 0.1) is 10.6 Å². The predicted molar refractivity (Wildman–Crippen MR) is 113 cm³/mol. The van der Waals surface area contributed by atoms with Crippen LogP contribution in [0.1, 0.15) is 5.56 Å². The Bertz CT molecular complexity index is 976. The fourth-order valence-electron chi connectivity index (χ4n) is 3.24. The first-order valence-corrected chi connectivity index (χ1v) is 10.5. The van der Waals surface area contributed by atoms with Crippen LogP contribution in [0.2, 0.25) is 0 Å². The normalized spacial score (nSPS) is 17.5. The third kappa shape index (κ3) is 3.89. The number of benzene rings is 1. The van der Waals surface area contributed by atoms with Crippen molar-refractivity contribution in [3.05, 3.63) is 40.5 Å². The number of aryl methyl sites for hydroxylation is 1. The van der Waals surface area contributed by atoms with Crippen molar-refractivity contribution in [3.8, 4) is 10.6 Å². The highest BCUT2D eigenvalue weighted by Gasteiger charge is 2.22. The summed E-state index contributed by atoms with van der Waals surface area (Å²) in [4.78, 5) is 23.4. The number of aldehydes is 1. The highest BCUT2D eigenvalue weighted by Crippen LogP contribution is 2.37. The van der Waals surface area contributed by atoms with Crippen LogP contribution in [0.15, 0.2) is 34.9 Å². The van der Waals surface area contributed by atoms with Crippen molar-refractivity contribution in [3.63, 3.8) is 0 Å². The number of carbonyl (C=O) groups excluding carboxylic acids is 1. The van der Waals surface area contributed by atoms with Crippen LogP contribution in [0.4, 0.5) is 5.95 Å². The molecule has 0 radical (unpaired) electrons. The lowest BCUT2D eigenvalue weighted by atomic mass is 10.2. The summed E-state index contributed by atoms with van der Waals surface area (Å²) >= 11 is 5.35. The monoisotopic (exact) mass is 445 g/mol. The van der Waals surface area contributed by atoms with Gasteiger partial charge in [-0.1, -0.05) is 12.1 Å². The highest BCUT2D eigenvalue weighted by atomic mass is 79.9. The smallest absolute Gasteiger partial charge is 0.223 e. The van der Waals surface area contributed by atoms with E-state index in [1.165, 1.54) is 10.1 Å². The lowest BCUT2D eigenvalue weighted by Crippen LogP contribution is -2.39. The van der Waals surface area contributed by atoms with Crippen LogP contribution in [0, 0.1) is 6.92 Å². The quantitative estimate of drug-likeness (QED) is 0.567. The van der Waals surface area contributed by atoms with E-state index in [9.17, 15) is 4.79 Å². The van der Waals surface area contributed by atoms with Gasteiger partial charge in [-0.25, -0.2) is 9.97 Å². The molecule has 0 amide bonds. The highest BCUT2D eigenvalue weighted by molar-refractivity contribution is 9.10. The molecule has 4 rings (SSSR count). The second-order valence-electron chi connectivity index (χ2n) is 6.49. The van der Waals surface area contributed by atoms with Gasteiger partial charge < -0.3 is 10.1 Å². The standard InChI is InChI=1S/C19H20BrN5OS/c1-12-10-23-19(22-6-8-25-7-5-21-16(25)11-26)24-17(12)15-9-13-3-2-4-14(20)18(13)27-15/h2-4,9-11,16,21H,5-8H2,1H3,(H,22,23,24). The lowest BCUT2D eigenvalue weighted by molar-refractivity contribution is -0.112. The van der Waals surface area contributed by atoms with Gasteiger partial charge in [0.15, 0.2) is 6.29 Å². The van der Waals surface area contributed by atoms with E-state index in [0.717, 1.165) is 46.5 Å². The molecule has 2 N–H and O–H groups in total. The summed E-state index contributed by atoms with van der Waals surface area (Å²) in [6.07, 6.45) is 2.63. The predicted octanol–water partition coefficient (Wildman–Crippen LogP) is 3.27. The van der Waals surface area contributed by atoms with Gasteiger partial charge in [0.25, 0.3) is 0 Å². The van der Waals surface area contributed by atoms with E-state index in [4.69, 9.17) is 4.98 Å². The van der Waals surface area contributed by atoms with E-state index in [1.807, 2.05) is 19.2 Å². The summed E-state index contributed by atoms with van der Waals surface area (Å²) in [6, 6.07) is 8.39. The van der Waals surface area contributed by atoms with Gasteiger partial charge in [0.1, 0.15) is 6.17 Å². The van der Waals surface area contributed by atoms with Gasteiger partial charge in [-0.2, -0.15) is 0 Å². The van der Waals surface area contributed by atoms with Crippen LogP contribution in [0.3, 0.4) is 0 Å². The zero-order valence-corrected chi connectivity index (χ0v) is 17.3. The number of nitrogens with one attached hydrogen (secondary N) is 2. The average Bonchev–Trinajstić information content (AvgIpc) is 3.30. The number of nitrogens with zero attached hydrogens (tertiary/aromatic N) is 3. The summed E-state index contributed by atoms with van der Waals surface area (Å²) in [5.41, 5.74) is 2.00. The van der Waals surface area contributed by atoms with Crippen LogP contribution in [0.5, 0.6) is 0 Å². The minimum atomic E-state index is -0.182. The molecule has 1 aliphatic heterocycles. The number of thiophene rings is 1. The molecule has 1 saturated heterocycles. The maximum absolute atomic E-state index is 11.0. The molecule has 6 nitrogen and oxygen atoms in total. The number of hydrogen-bond donors (Lipinski definition) is 2. The van der Waals surface area contributed by atoms with E-state index >= 15 is 0 Å². The average molecular weight is 446 g/mol. The Hall–Kier alpha value is -1.87. The molecule has 3 heterocycles. The van der Waals surface area contributed by atoms with Gasteiger partial charge in [0, 0.05) is 41.5 Å². The lowest BCUT2D eigenvalue weighted by Gasteiger charge is -2.19. The number of anilines is 1. The molecule has 1 fully saturated rings. The van der Waals surface area contributed by atoms with E-state index in [0.29, 0.717) is 12.5 Å². The first-order chi connectivity index (χ1) is 13.2. The Morgan fingerprint density at radius 3 is 3.19 bits per heavy atom. The van der Waals surface area contributed by atoms with Crippen molar-refractivity contribution in [2.45, 2.75) is 13.1 Å². The second kappa shape index (κ2) is 8.02. The van der Waals surface area contributed by atoms with Gasteiger partial charge >= 0.3 is 0 Å². The Kier molecular flexibility index (Phi) is 5.49. The SMILES string of the molecule is Cc1cnc(NCCN2CCNC2C=O)nc1-c1cc2cccc(Br)c2s1. The van der Waals surface area contributed by atoms with Crippen molar-refractivity contribution in [1.29, 1.82) is 0 Å². The van der Waals surface area contributed by atoms with Crippen molar-refractivity contribution in [2.75, 3.05) is 31.5 Å². The van der Waals surface area contributed by atoms with Crippen LogP contribution < -0.4 is 10.6 Å². The van der Waals surface area contributed by atoms with Crippen LogP contribution >= 0.6 is 27.3 Å². The molecule has 27 heavy (non-hydrogen) atoms. The summed E-state index contributed by atoms with van der Waals surface area (Å²) in [6.45, 7) is 5.20. The van der Waals surface area contributed by atoms with Gasteiger partial charge in [-0.15, -0.1) is 11.3 Å². The maximum Gasteiger partial charge on any atom is 0.223 e. The van der Waals surface area contributed by atoms with E-state index < -0.39 is 0 Å². The molecule has 8 heteroatoms. The Labute approximate surface area is 170 Å². The third-order valence-electron chi connectivity index (χ3n) is 4.66. The minimum absolute atomic E-state index is 0.182. The molecular formula is C19H20BrN5OS. The number of rotatable bonds is 6. The summed E-state index contributed by atoms with van der Waals surface area (Å²) in [5, 5.41) is 7.65. The van der Waals surface area contributed by atoms with Crippen LogP contribution in [-0.2, 0) is 4.79 Å². The minimum Gasteiger partial charge on any atom is -0.353 e. The van der Waals surface area contributed by atoms with Crippen molar-refractivity contribution in [2.24, 2.45) is 0 Å². The number of hydrogen-bond acceptors (Lipinski definition) is 7.